The van der Waals surface area contributed by atoms with Gasteiger partial charge in [-0.15, -0.1) is 0 Å². The van der Waals surface area contributed by atoms with Crippen LogP contribution in [0.5, 0.6) is 0 Å². The van der Waals surface area contributed by atoms with Crippen molar-refractivity contribution in [3.8, 4) is 0 Å². The van der Waals surface area contributed by atoms with Crippen molar-refractivity contribution in [3.63, 3.8) is 0 Å². The Morgan fingerprint density at radius 3 is 2.52 bits per heavy atom. The van der Waals surface area contributed by atoms with Gasteiger partial charge in [0, 0.05) is 31.8 Å². The van der Waals surface area contributed by atoms with Crippen LogP contribution in [0.3, 0.4) is 0 Å². The predicted molar refractivity (Wildman–Crippen MR) is 92.8 cm³/mol. The first-order valence-corrected chi connectivity index (χ1v) is 7.81. The molecule has 9 heteroatoms. The van der Waals surface area contributed by atoms with E-state index in [0.717, 1.165) is 24.7 Å². The zero-order valence-corrected chi connectivity index (χ0v) is 14.0. The Morgan fingerprint density at radius 1 is 1.08 bits per heavy atom. The highest BCUT2D eigenvalue weighted by Gasteiger charge is 2.07. The minimum Gasteiger partial charge on any atom is -0.370 e. The Morgan fingerprint density at radius 2 is 1.80 bits per heavy atom. The maximum absolute atomic E-state index is 13.4. The molecule has 0 bridgehead atoms. The lowest BCUT2D eigenvalue weighted by atomic mass is 10.3. The molecule has 0 atom stereocenters. The smallest absolute Gasteiger partial charge is 0.319 e. The molecular formula is C16H20F2N6O. The average Bonchev–Trinajstić information content (AvgIpc) is 2.55. The van der Waals surface area contributed by atoms with Crippen molar-refractivity contribution in [2.24, 2.45) is 0 Å². The molecule has 1 heterocycles. The van der Waals surface area contributed by atoms with Crippen LogP contribution in [-0.4, -0.2) is 35.6 Å². The lowest BCUT2D eigenvalue weighted by Crippen LogP contribution is -2.33. The largest absolute Gasteiger partial charge is 0.370 e. The van der Waals surface area contributed by atoms with E-state index in [1.807, 2.05) is 6.92 Å². The van der Waals surface area contributed by atoms with Crippen LogP contribution >= 0.6 is 0 Å². The van der Waals surface area contributed by atoms with Crippen LogP contribution in [-0.2, 0) is 0 Å². The molecule has 1 aromatic carbocycles. The first-order valence-electron chi connectivity index (χ1n) is 7.81. The van der Waals surface area contributed by atoms with Gasteiger partial charge in [-0.1, -0.05) is 0 Å². The molecule has 0 aliphatic heterocycles. The fourth-order valence-electron chi connectivity index (χ4n) is 2.06. The third kappa shape index (κ3) is 5.87. The summed E-state index contributed by atoms with van der Waals surface area (Å²) < 4.78 is 26.5. The third-order valence-electron chi connectivity index (χ3n) is 3.09. The second-order valence-electron chi connectivity index (χ2n) is 5.15. The molecule has 0 radical (unpaired) electrons. The fraction of sp³-hybridized carbons (Fsp3) is 0.312. The van der Waals surface area contributed by atoms with E-state index in [4.69, 9.17) is 0 Å². The Hall–Kier alpha value is -2.97. The van der Waals surface area contributed by atoms with Crippen molar-refractivity contribution in [1.29, 1.82) is 0 Å². The van der Waals surface area contributed by atoms with Gasteiger partial charge in [0.05, 0.1) is 5.69 Å². The number of benzene rings is 1. The monoisotopic (exact) mass is 350 g/mol. The summed E-state index contributed by atoms with van der Waals surface area (Å²) in [5.74, 6) is 0.621. The van der Waals surface area contributed by atoms with Crippen LogP contribution in [0.1, 0.15) is 12.7 Å². The van der Waals surface area contributed by atoms with Gasteiger partial charge in [-0.2, -0.15) is 0 Å². The Bertz CT molecular complexity index is 741. The van der Waals surface area contributed by atoms with Crippen molar-refractivity contribution in [3.05, 3.63) is 41.7 Å². The number of nitrogens with one attached hydrogen (secondary N) is 4. The van der Waals surface area contributed by atoms with E-state index in [0.29, 0.717) is 24.0 Å². The van der Waals surface area contributed by atoms with E-state index in [9.17, 15) is 13.6 Å². The van der Waals surface area contributed by atoms with Crippen molar-refractivity contribution in [1.82, 2.24) is 15.3 Å². The van der Waals surface area contributed by atoms with Crippen LogP contribution in [0.25, 0.3) is 0 Å². The lowest BCUT2D eigenvalue weighted by molar-refractivity contribution is 0.252. The summed E-state index contributed by atoms with van der Waals surface area (Å²) in [6.45, 7) is 5.16. The highest BCUT2D eigenvalue weighted by atomic mass is 19.1. The number of aryl methyl sites for hydroxylation is 1. The summed E-state index contributed by atoms with van der Waals surface area (Å²) >= 11 is 0. The molecule has 0 spiro atoms. The molecule has 0 aliphatic carbocycles. The van der Waals surface area contributed by atoms with Crippen LogP contribution < -0.4 is 21.3 Å². The topological polar surface area (TPSA) is 91.0 Å². The molecule has 2 rings (SSSR count). The number of hydrogen-bond donors (Lipinski definition) is 4. The molecule has 0 unspecified atom stereocenters. The highest BCUT2D eigenvalue weighted by Crippen LogP contribution is 2.15. The molecule has 0 saturated carbocycles. The zero-order valence-electron chi connectivity index (χ0n) is 14.0. The number of carbonyl (C=O) groups excluding carboxylic acids is 1. The van der Waals surface area contributed by atoms with Crippen LogP contribution in [0.15, 0.2) is 24.3 Å². The van der Waals surface area contributed by atoms with Crippen molar-refractivity contribution >= 4 is 23.4 Å². The van der Waals surface area contributed by atoms with Gasteiger partial charge in [0.25, 0.3) is 0 Å². The Labute approximate surface area is 144 Å². The second-order valence-corrected chi connectivity index (χ2v) is 5.15. The van der Waals surface area contributed by atoms with Gasteiger partial charge in [0.2, 0.25) is 0 Å². The summed E-state index contributed by atoms with van der Waals surface area (Å²) in [7, 11) is 0. The standard InChI is InChI=1S/C16H20F2N6O/c1-3-19-14-9-15(23-10(2)22-14)20-6-7-21-16(25)24-13-8-11(17)4-5-12(13)18/h4-5,8-9H,3,6-7H2,1-2H3,(H2,21,24,25)(H2,19,20,22,23). The van der Waals surface area contributed by atoms with Crippen LogP contribution in [0.2, 0.25) is 0 Å². The first kappa shape index (κ1) is 18.4. The summed E-state index contributed by atoms with van der Waals surface area (Å²) in [6.07, 6.45) is 0. The van der Waals surface area contributed by atoms with Crippen LogP contribution in [0, 0.1) is 18.6 Å². The molecule has 0 saturated heterocycles. The molecule has 7 nitrogen and oxygen atoms in total. The highest BCUT2D eigenvalue weighted by molar-refractivity contribution is 5.89. The van der Waals surface area contributed by atoms with Crippen LogP contribution in [0.4, 0.5) is 30.9 Å². The number of rotatable bonds is 7. The number of anilines is 3. The minimum atomic E-state index is -0.706. The van der Waals surface area contributed by atoms with E-state index in [1.165, 1.54) is 0 Å². The molecular weight excluding hydrogens is 330 g/mol. The molecule has 134 valence electrons. The number of amides is 2. The predicted octanol–water partition coefficient (Wildman–Crippen LogP) is 2.73. The van der Waals surface area contributed by atoms with E-state index in [2.05, 4.69) is 31.2 Å². The van der Waals surface area contributed by atoms with E-state index in [-0.39, 0.29) is 12.2 Å². The van der Waals surface area contributed by atoms with Gasteiger partial charge in [0.1, 0.15) is 29.1 Å². The normalized spacial score (nSPS) is 10.2. The minimum absolute atomic E-state index is 0.216. The average molecular weight is 350 g/mol. The van der Waals surface area contributed by atoms with Crippen molar-refractivity contribution in [2.75, 3.05) is 35.6 Å². The number of hydrogen-bond acceptors (Lipinski definition) is 5. The van der Waals surface area contributed by atoms with Gasteiger partial charge in [-0.3, -0.25) is 0 Å². The molecule has 2 aromatic rings. The van der Waals surface area contributed by atoms with E-state index < -0.39 is 17.7 Å². The zero-order chi connectivity index (χ0) is 18.2. The summed E-state index contributed by atoms with van der Waals surface area (Å²) in [5, 5.41) is 11.0. The van der Waals surface area contributed by atoms with Gasteiger partial charge in [0.15, 0.2) is 0 Å². The van der Waals surface area contributed by atoms with E-state index >= 15 is 0 Å². The summed E-state index contributed by atoms with van der Waals surface area (Å²) in [5.41, 5.74) is -0.216. The number of nitrogens with zero attached hydrogens (tertiary/aromatic N) is 2. The van der Waals surface area contributed by atoms with E-state index in [1.54, 1.807) is 13.0 Å². The van der Waals surface area contributed by atoms with Crippen molar-refractivity contribution < 1.29 is 13.6 Å². The number of aromatic nitrogens is 2. The molecule has 1 aromatic heterocycles. The maximum Gasteiger partial charge on any atom is 0.319 e. The first-order chi connectivity index (χ1) is 12.0. The molecule has 2 amide bonds. The third-order valence-corrected chi connectivity index (χ3v) is 3.09. The molecule has 4 N–H and O–H groups in total. The molecule has 0 aliphatic rings. The number of urea groups is 1. The SMILES string of the molecule is CCNc1cc(NCCNC(=O)Nc2cc(F)ccc2F)nc(C)n1. The Balaban J connectivity index is 1.79. The second kappa shape index (κ2) is 8.76. The summed E-state index contributed by atoms with van der Waals surface area (Å²) in [6, 6.07) is 3.98. The summed E-state index contributed by atoms with van der Waals surface area (Å²) in [4.78, 5) is 20.2. The maximum atomic E-state index is 13.4. The number of carbonyl (C=O) groups is 1. The van der Waals surface area contributed by atoms with Gasteiger partial charge >= 0.3 is 6.03 Å². The number of halogens is 2. The van der Waals surface area contributed by atoms with Crippen molar-refractivity contribution in [2.45, 2.75) is 13.8 Å². The Kier molecular flexibility index (Phi) is 6.44. The lowest BCUT2D eigenvalue weighted by Gasteiger charge is -2.11. The van der Waals surface area contributed by atoms with Gasteiger partial charge in [-0.25, -0.2) is 23.5 Å². The fourth-order valence-corrected chi connectivity index (χ4v) is 2.06. The quantitative estimate of drug-likeness (QED) is 0.577. The molecule has 0 fully saturated rings. The molecule has 25 heavy (non-hydrogen) atoms. The van der Waals surface area contributed by atoms with Gasteiger partial charge in [-0.05, 0) is 26.0 Å². The van der Waals surface area contributed by atoms with Gasteiger partial charge < -0.3 is 21.3 Å².